The maximum Gasteiger partial charge on any atom is 0.238 e. The van der Waals surface area contributed by atoms with Gasteiger partial charge < -0.3 is 5.32 Å². The molecule has 4 heteroatoms. The van der Waals surface area contributed by atoms with E-state index in [1.807, 2.05) is 43.5 Å². The topological polar surface area (TPSA) is 29.1 Å². The average Bonchev–Trinajstić information content (AvgIpc) is 2.19. The molecule has 0 radical (unpaired) electrons. The largest absolute Gasteiger partial charge is 0.325 e. The monoisotopic (exact) mass is 243 g/mol. The van der Waals surface area contributed by atoms with Crippen LogP contribution < -0.4 is 5.32 Å². The number of anilines is 1. The molecular formula is C11H14ClNOS. The lowest BCUT2D eigenvalue weighted by Gasteiger charge is -2.16. The van der Waals surface area contributed by atoms with Crippen molar-refractivity contribution in [1.29, 1.82) is 0 Å². The number of thioether (sulfide) groups is 1. The van der Waals surface area contributed by atoms with Crippen molar-refractivity contribution in [3.63, 3.8) is 0 Å². The minimum Gasteiger partial charge on any atom is -0.325 e. The van der Waals surface area contributed by atoms with Crippen LogP contribution in [-0.2, 0) is 4.79 Å². The van der Waals surface area contributed by atoms with E-state index >= 15 is 0 Å². The predicted octanol–water partition coefficient (Wildman–Crippen LogP) is 2.98. The summed E-state index contributed by atoms with van der Waals surface area (Å²) in [7, 11) is 0. The Bertz CT molecular complexity index is 316. The Morgan fingerprint density at radius 2 is 2.00 bits per heavy atom. The van der Waals surface area contributed by atoms with E-state index in [9.17, 15) is 4.79 Å². The van der Waals surface area contributed by atoms with Gasteiger partial charge in [-0.3, -0.25) is 4.79 Å². The molecule has 15 heavy (non-hydrogen) atoms. The van der Waals surface area contributed by atoms with Crippen molar-refractivity contribution in [1.82, 2.24) is 0 Å². The fraction of sp³-hybridized carbons (Fsp3) is 0.364. The molecule has 1 aromatic carbocycles. The SMILES string of the molecule is CS[C@@H](C(=O)Nc1ccccc1)[C@@H](C)Cl. The van der Waals surface area contributed by atoms with Crippen LogP contribution in [0.5, 0.6) is 0 Å². The van der Waals surface area contributed by atoms with E-state index < -0.39 is 0 Å². The molecule has 1 N–H and O–H groups in total. The Kier molecular flexibility index (Phi) is 4.99. The number of carbonyl (C=O) groups is 1. The highest BCUT2D eigenvalue weighted by molar-refractivity contribution is 8.00. The molecular weight excluding hydrogens is 230 g/mol. The molecule has 2 atom stereocenters. The van der Waals surface area contributed by atoms with Gasteiger partial charge in [0.05, 0.1) is 10.6 Å². The Labute approximate surface area is 99.4 Å². The van der Waals surface area contributed by atoms with Crippen LogP contribution >= 0.6 is 23.4 Å². The molecule has 0 heterocycles. The van der Waals surface area contributed by atoms with Gasteiger partial charge in [-0.15, -0.1) is 11.6 Å². The summed E-state index contributed by atoms with van der Waals surface area (Å²) in [5, 5.41) is 2.44. The third-order valence-electron chi connectivity index (χ3n) is 1.97. The van der Waals surface area contributed by atoms with E-state index in [1.165, 1.54) is 11.8 Å². The molecule has 82 valence electrons. The standard InChI is InChI=1S/C11H14ClNOS/c1-8(12)10(15-2)11(14)13-9-6-4-3-5-7-9/h3-8,10H,1-2H3,(H,13,14)/t8-,10-/m1/s1. The van der Waals surface area contributed by atoms with E-state index in [1.54, 1.807) is 0 Å². The molecule has 0 saturated heterocycles. The van der Waals surface area contributed by atoms with Gasteiger partial charge in [0, 0.05) is 5.69 Å². The number of hydrogen-bond donors (Lipinski definition) is 1. The second-order valence-corrected chi connectivity index (χ2v) is 4.86. The van der Waals surface area contributed by atoms with Gasteiger partial charge in [-0.25, -0.2) is 0 Å². The average molecular weight is 244 g/mol. The molecule has 0 fully saturated rings. The molecule has 1 rings (SSSR count). The highest BCUT2D eigenvalue weighted by Crippen LogP contribution is 2.18. The summed E-state index contributed by atoms with van der Waals surface area (Å²) >= 11 is 7.38. The number of carbonyl (C=O) groups excluding carboxylic acids is 1. The van der Waals surface area contributed by atoms with Crippen LogP contribution in [0.3, 0.4) is 0 Å². The van der Waals surface area contributed by atoms with Crippen molar-refractivity contribution >= 4 is 35.0 Å². The van der Waals surface area contributed by atoms with Gasteiger partial charge in [0.2, 0.25) is 5.91 Å². The second kappa shape index (κ2) is 6.03. The second-order valence-electron chi connectivity index (χ2n) is 3.19. The van der Waals surface area contributed by atoms with Gasteiger partial charge in [-0.1, -0.05) is 18.2 Å². The van der Waals surface area contributed by atoms with Crippen LogP contribution in [0.1, 0.15) is 6.92 Å². The molecule has 0 aromatic heterocycles. The fourth-order valence-electron chi connectivity index (χ4n) is 1.24. The van der Waals surface area contributed by atoms with Crippen LogP contribution in [0.25, 0.3) is 0 Å². The molecule has 0 bridgehead atoms. The number of amides is 1. The lowest BCUT2D eigenvalue weighted by Crippen LogP contribution is -2.31. The summed E-state index contributed by atoms with van der Waals surface area (Å²) in [4.78, 5) is 11.8. The van der Waals surface area contributed by atoms with Gasteiger partial charge >= 0.3 is 0 Å². The lowest BCUT2D eigenvalue weighted by atomic mass is 10.2. The molecule has 0 saturated carbocycles. The minimum absolute atomic E-state index is 0.0452. The minimum atomic E-state index is -0.216. The predicted molar refractivity (Wildman–Crippen MR) is 67.7 cm³/mol. The molecule has 1 aromatic rings. The zero-order chi connectivity index (χ0) is 11.3. The van der Waals surface area contributed by atoms with Crippen molar-refractivity contribution in [2.75, 3.05) is 11.6 Å². The summed E-state index contributed by atoms with van der Waals surface area (Å²) in [6.45, 7) is 1.83. The summed E-state index contributed by atoms with van der Waals surface area (Å²) in [6.07, 6.45) is 1.88. The normalized spacial score (nSPS) is 14.3. The number of benzene rings is 1. The van der Waals surface area contributed by atoms with Gasteiger partial charge in [0.15, 0.2) is 0 Å². The van der Waals surface area contributed by atoms with E-state index in [4.69, 9.17) is 11.6 Å². The highest BCUT2D eigenvalue weighted by atomic mass is 35.5. The van der Waals surface area contributed by atoms with Gasteiger partial charge in [-0.05, 0) is 25.3 Å². The number of halogens is 1. The quantitative estimate of drug-likeness (QED) is 0.824. The van der Waals surface area contributed by atoms with E-state index in [0.29, 0.717) is 0 Å². The molecule has 1 amide bonds. The fourth-order valence-corrected chi connectivity index (χ4v) is 2.31. The first-order valence-electron chi connectivity index (χ1n) is 4.68. The molecule has 2 nitrogen and oxygen atoms in total. The van der Waals surface area contributed by atoms with Crippen LogP contribution in [0, 0.1) is 0 Å². The third kappa shape index (κ3) is 3.76. The van der Waals surface area contributed by atoms with Crippen molar-refractivity contribution < 1.29 is 4.79 Å². The van der Waals surface area contributed by atoms with Crippen molar-refractivity contribution in [3.8, 4) is 0 Å². The smallest absolute Gasteiger partial charge is 0.238 e. The van der Waals surface area contributed by atoms with Crippen LogP contribution in [0.2, 0.25) is 0 Å². The molecule has 0 spiro atoms. The van der Waals surface area contributed by atoms with Crippen molar-refractivity contribution in [2.24, 2.45) is 0 Å². The highest BCUT2D eigenvalue weighted by Gasteiger charge is 2.22. The zero-order valence-corrected chi connectivity index (χ0v) is 10.3. The van der Waals surface area contributed by atoms with Crippen LogP contribution in [0.4, 0.5) is 5.69 Å². The summed E-state index contributed by atoms with van der Waals surface area (Å²) in [5.41, 5.74) is 0.805. The summed E-state index contributed by atoms with van der Waals surface area (Å²) in [5.74, 6) is -0.0452. The van der Waals surface area contributed by atoms with Crippen LogP contribution in [0.15, 0.2) is 30.3 Å². The summed E-state index contributed by atoms with van der Waals surface area (Å²) < 4.78 is 0. The molecule has 0 unspecified atom stereocenters. The number of rotatable bonds is 4. The first-order chi connectivity index (χ1) is 7.15. The third-order valence-corrected chi connectivity index (χ3v) is 3.50. The van der Waals surface area contributed by atoms with Crippen molar-refractivity contribution in [2.45, 2.75) is 17.6 Å². The lowest BCUT2D eigenvalue weighted by molar-refractivity contribution is -0.115. The Morgan fingerprint density at radius 1 is 1.40 bits per heavy atom. The first kappa shape index (κ1) is 12.4. The number of hydrogen-bond acceptors (Lipinski definition) is 2. The number of nitrogens with one attached hydrogen (secondary N) is 1. The summed E-state index contributed by atoms with van der Waals surface area (Å²) in [6, 6.07) is 9.38. The first-order valence-corrected chi connectivity index (χ1v) is 6.40. The van der Waals surface area contributed by atoms with E-state index in [2.05, 4.69) is 5.32 Å². The molecule has 0 aliphatic heterocycles. The van der Waals surface area contributed by atoms with Gasteiger partial charge in [-0.2, -0.15) is 11.8 Å². The zero-order valence-electron chi connectivity index (χ0n) is 8.74. The molecule has 0 aliphatic rings. The Balaban J connectivity index is 2.62. The Morgan fingerprint density at radius 3 is 2.47 bits per heavy atom. The van der Waals surface area contributed by atoms with E-state index in [0.717, 1.165) is 5.69 Å². The number of alkyl halides is 1. The molecule has 0 aliphatic carbocycles. The van der Waals surface area contributed by atoms with E-state index in [-0.39, 0.29) is 16.5 Å². The Hall–Kier alpha value is -0.670. The van der Waals surface area contributed by atoms with Gasteiger partial charge in [0.1, 0.15) is 0 Å². The maximum absolute atomic E-state index is 11.8. The maximum atomic E-state index is 11.8. The van der Waals surface area contributed by atoms with Gasteiger partial charge in [0.25, 0.3) is 0 Å². The number of para-hydroxylation sites is 1. The van der Waals surface area contributed by atoms with Crippen molar-refractivity contribution in [3.05, 3.63) is 30.3 Å². The van der Waals surface area contributed by atoms with Crippen LogP contribution in [-0.4, -0.2) is 22.8 Å².